The Bertz CT molecular complexity index is 417. The van der Waals surface area contributed by atoms with E-state index in [2.05, 4.69) is 43.5 Å². The van der Waals surface area contributed by atoms with Crippen LogP contribution in [0.4, 0.5) is 0 Å². The minimum Gasteiger partial charge on any atom is -0.465 e. The lowest BCUT2D eigenvalue weighted by Gasteiger charge is -2.14. The molecule has 3 nitrogen and oxygen atoms in total. The van der Waals surface area contributed by atoms with E-state index in [1.165, 1.54) is 51.4 Å². The van der Waals surface area contributed by atoms with Crippen molar-refractivity contribution in [3.8, 4) is 0 Å². The molecule has 1 aliphatic rings. The van der Waals surface area contributed by atoms with Crippen LogP contribution in [0, 0.1) is 11.8 Å². The maximum atomic E-state index is 11.8. The summed E-state index contributed by atoms with van der Waals surface area (Å²) in [6, 6.07) is 0. The largest absolute Gasteiger partial charge is 0.465 e. The van der Waals surface area contributed by atoms with E-state index in [4.69, 9.17) is 4.74 Å². The van der Waals surface area contributed by atoms with E-state index >= 15 is 0 Å². The number of allylic oxidation sites excluding steroid dienone is 4. The normalized spacial score (nSPS) is 20.1. The first-order valence-corrected chi connectivity index (χ1v) is 11.4. The van der Waals surface area contributed by atoms with Crippen LogP contribution in [0.5, 0.6) is 0 Å². The molecule has 0 aromatic rings. The van der Waals surface area contributed by atoms with Crippen molar-refractivity contribution in [2.45, 2.75) is 90.9 Å². The van der Waals surface area contributed by atoms with Gasteiger partial charge in [0.05, 0.1) is 6.61 Å². The second-order valence-electron chi connectivity index (χ2n) is 8.06. The number of rotatable bonds is 16. The fourth-order valence-corrected chi connectivity index (χ4v) is 3.44. The lowest BCUT2D eigenvalue weighted by atomic mass is 9.99. The molecule has 0 amide bonds. The maximum Gasteiger partial charge on any atom is 0.305 e. The molecule has 0 saturated carbocycles. The first kappa shape index (κ1) is 23.9. The molecule has 1 saturated heterocycles. The Morgan fingerprint density at radius 2 is 1.59 bits per heavy atom. The van der Waals surface area contributed by atoms with Crippen molar-refractivity contribution in [1.82, 2.24) is 5.32 Å². The van der Waals surface area contributed by atoms with Gasteiger partial charge in [-0.15, -0.1) is 0 Å². The quantitative estimate of drug-likeness (QED) is 0.198. The van der Waals surface area contributed by atoms with E-state index in [9.17, 15) is 4.79 Å². The average molecular weight is 378 g/mol. The van der Waals surface area contributed by atoms with Gasteiger partial charge in [-0.2, -0.15) is 0 Å². The van der Waals surface area contributed by atoms with Crippen molar-refractivity contribution in [1.29, 1.82) is 0 Å². The standard InChI is InChI=1S/C24H43NO2/c1-3-4-5-6-7-8-9-10-11-12-13-14-15-16-17-18-24(26)27-21-23-20-25-19-22(23)2/h7-8,10-11,22-23,25H,3-6,9,12-21H2,1-2H3/b8-7-,11-10-/t22-,23?/m1/s1. The zero-order valence-electron chi connectivity index (χ0n) is 17.9. The maximum absolute atomic E-state index is 11.8. The molecule has 1 heterocycles. The molecule has 1 rings (SSSR count). The lowest BCUT2D eigenvalue weighted by Crippen LogP contribution is -2.19. The molecule has 0 aromatic heterocycles. The minimum absolute atomic E-state index is 0.0141. The van der Waals surface area contributed by atoms with Gasteiger partial charge in [0.15, 0.2) is 0 Å². The first-order valence-electron chi connectivity index (χ1n) is 11.4. The van der Waals surface area contributed by atoms with Crippen LogP contribution in [-0.4, -0.2) is 25.7 Å². The molecule has 1 unspecified atom stereocenters. The molecule has 1 aliphatic heterocycles. The third kappa shape index (κ3) is 13.7. The number of hydrogen-bond donors (Lipinski definition) is 1. The number of hydrogen-bond acceptors (Lipinski definition) is 3. The van der Waals surface area contributed by atoms with Gasteiger partial charge >= 0.3 is 5.97 Å². The number of esters is 1. The average Bonchev–Trinajstić information content (AvgIpc) is 3.08. The van der Waals surface area contributed by atoms with Gasteiger partial charge in [-0.05, 0) is 51.0 Å². The van der Waals surface area contributed by atoms with Crippen molar-refractivity contribution in [3.05, 3.63) is 24.3 Å². The molecule has 156 valence electrons. The van der Waals surface area contributed by atoms with Crippen molar-refractivity contribution in [2.75, 3.05) is 19.7 Å². The van der Waals surface area contributed by atoms with Crippen LogP contribution < -0.4 is 5.32 Å². The Morgan fingerprint density at radius 3 is 2.26 bits per heavy atom. The molecule has 2 atom stereocenters. The number of nitrogens with one attached hydrogen (secondary N) is 1. The van der Waals surface area contributed by atoms with Gasteiger partial charge in [-0.3, -0.25) is 4.79 Å². The fraction of sp³-hybridized carbons (Fsp3) is 0.792. The van der Waals surface area contributed by atoms with Gasteiger partial charge in [0.25, 0.3) is 0 Å². The SMILES string of the molecule is CCCCC/C=C\C/C=C\CCCCCCCC(=O)OCC1CNC[C@H]1C. The highest BCUT2D eigenvalue weighted by molar-refractivity contribution is 5.69. The third-order valence-electron chi connectivity index (χ3n) is 5.47. The molecule has 0 bridgehead atoms. The molecular weight excluding hydrogens is 334 g/mol. The number of unbranched alkanes of at least 4 members (excludes halogenated alkanes) is 8. The van der Waals surface area contributed by atoms with E-state index in [-0.39, 0.29) is 5.97 Å². The van der Waals surface area contributed by atoms with Gasteiger partial charge in [0.2, 0.25) is 0 Å². The summed E-state index contributed by atoms with van der Waals surface area (Å²) in [4.78, 5) is 11.8. The summed E-state index contributed by atoms with van der Waals surface area (Å²) < 4.78 is 5.42. The van der Waals surface area contributed by atoms with Crippen LogP contribution in [0.15, 0.2) is 24.3 Å². The Balaban J connectivity index is 1.83. The molecule has 0 spiro atoms. The summed E-state index contributed by atoms with van der Waals surface area (Å²) in [6.07, 6.45) is 23.1. The molecule has 0 radical (unpaired) electrons. The molecule has 1 N–H and O–H groups in total. The predicted molar refractivity (Wildman–Crippen MR) is 116 cm³/mol. The van der Waals surface area contributed by atoms with Crippen molar-refractivity contribution in [3.63, 3.8) is 0 Å². The van der Waals surface area contributed by atoms with Crippen molar-refractivity contribution in [2.24, 2.45) is 11.8 Å². The Kier molecular flexibility index (Phi) is 15.1. The molecular formula is C24H43NO2. The van der Waals surface area contributed by atoms with E-state index in [0.29, 0.717) is 24.9 Å². The van der Waals surface area contributed by atoms with Crippen LogP contribution in [-0.2, 0) is 9.53 Å². The highest BCUT2D eigenvalue weighted by Gasteiger charge is 2.24. The van der Waals surface area contributed by atoms with Crippen molar-refractivity contribution >= 4 is 5.97 Å². The van der Waals surface area contributed by atoms with E-state index < -0.39 is 0 Å². The summed E-state index contributed by atoms with van der Waals surface area (Å²) in [5.74, 6) is 1.10. The summed E-state index contributed by atoms with van der Waals surface area (Å²) >= 11 is 0. The second kappa shape index (κ2) is 17.0. The Hall–Kier alpha value is -1.09. The first-order chi connectivity index (χ1) is 13.2. The van der Waals surface area contributed by atoms with Crippen LogP contribution >= 0.6 is 0 Å². The van der Waals surface area contributed by atoms with Gasteiger partial charge in [0, 0.05) is 18.9 Å². The highest BCUT2D eigenvalue weighted by Crippen LogP contribution is 2.16. The lowest BCUT2D eigenvalue weighted by molar-refractivity contribution is -0.145. The molecule has 27 heavy (non-hydrogen) atoms. The van der Waals surface area contributed by atoms with E-state index in [0.717, 1.165) is 32.4 Å². The third-order valence-corrected chi connectivity index (χ3v) is 5.47. The topological polar surface area (TPSA) is 38.3 Å². The fourth-order valence-electron chi connectivity index (χ4n) is 3.44. The summed E-state index contributed by atoms with van der Waals surface area (Å²) in [6.45, 7) is 7.09. The highest BCUT2D eigenvalue weighted by atomic mass is 16.5. The molecule has 1 fully saturated rings. The van der Waals surface area contributed by atoms with E-state index in [1.807, 2.05) is 0 Å². The van der Waals surface area contributed by atoms with Crippen LogP contribution in [0.25, 0.3) is 0 Å². The summed E-state index contributed by atoms with van der Waals surface area (Å²) in [7, 11) is 0. The summed E-state index contributed by atoms with van der Waals surface area (Å²) in [5.41, 5.74) is 0. The van der Waals surface area contributed by atoms with Crippen LogP contribution in [0.3, 0.4) is 0 Å². The van der Waals surface area contributed by atoms with Gasteiger partial charge < -0.3 is 10.1 Å². The molecule has 0 aliphatic carbocycles. The molecule has 3 heteroatoms. The van der Waals surface area contributed by atoms with Crippen molar-refractivity contribution < 1.29 is 9.53 Å². The zero-order valence-corrected chi connectivity index (χ0v) is 17.9. The summed E-state index contributed by atoms with van der Waals surface area (Å²) in [5, 5.41) is 3.35. The minimum atomic E-state index is -0.0141. The van der Waals surface area contributed by atoms with Gasteiger partial charge in [0.1, 0.15) is 0 Å². The van der Waals surface area contributed by atoms with Gasteiger partial charge in [-0.1, -0.05) is 70.3 Å². The van der Waals surface area contributed by atoms with Crippen LogP contribution in [0.2, 0.25) is 0 Å². The zero-order chi connectivity index (χ0) is 19.6. The van der Waals surface area contributed by atoms with E-state index in [1.54, 1.807) is 0 Å². The van der Waals surface area contributed by atoms with Gasteiger partial charge in [-0.25, -0.2) is 0 Å². The number of ether oxygens (including phenoxy) is 1. The number of carbonyl (C=O) groups is 1. The number of carbonyl (C=O) groups excluding carboxylic acids is 1. The van der Waals surface area contributed by atoms with Crippen LogP contribution in [0.1, 0.15) is 90.9 Å². The Labute approximate surface area is 168 Å². The second-order valence-corrected chi connectivity index (χ2v) is 8.06. The molecule has 0 aromatic carbocycles. The smallest absolute Gasteiger partial charge is 0.305 e. The Morgan fingerprint density at radius 1 is 0.926 bits per heavy atom. The monoisotopic (exact) mass is 377 g/mol. The predicted octanol–water partition coefficient (Wildman–Crippen LogP) is 6.20.